The Balaban J connectivity index is 1.46. The van der Waals surface area contributed by atoms with Crippen LogP contribution < -0.4 is 0 Å². The minimum absolute atomic E-state index is 0.458. The summed E-state index contributed by atoms with van der Waals surface area (Å²) in [6, 6.07) is 0. The summed E-state index contributed by atoms with van der Waals surface area (Å²) in [5.74, 6) is 0. The Hall–Kier alpha value is -0.0800. The first kappa shape index (κ1) is 5.69. The SMILES string of the molecule is [CH](C[CH]C1CO1)C1CO1. The lowest BCUT2D eigenvalue weighted by Gasteiger charge is -1.90. The van der Waals surface area contributed by atoms with Gasteiger partial charge in [0, 0.05) is 0 Å². The van der Waals surface area contributed by atoms with E-state index >= 15 is 0 Å². The molecule has 2 saturated heterocycles. The molecule has 0 aromatic rings. The maximum absolute atomic E-state index is 4.99. The van der Waals surface area contributed by atoms with E-state index in [4.69, 9.17) is 9.47 Å². The molecule has 9 heavy (non-hydrogen) atoms. The van der Waals surface area contributed by atoms with Crippen LogP contribution in [0, 0.1) is 12.8 Å². The summed E-state index contributed by atoms with van der Waals surface area (Å²) in [6.07, 6.45) is 6.32. The van der Waals surface area contributed by atoms with E-state index in [9.17, 15) is 0 Å². The molecular weight excluding hydrogens is 116 g/mol. The molecule has 50 valence electrons. The van der Waals surface area contributed by atoms with Crippen molar-refractivity contribution in [3.05, 3.63) is 12.8 Å². The van der Waals surface area contributed by atoms with Gasteiger partial charge in [-0.05, 0) is 19.3 Å². The summed E-state index contributed by atoms with van der Waals surface area (Å²) in [6.45, 7) is 1.86. The van der Waals surface area contributed by atoms with Gasteiger partial charge < -0.3 is 9.47 Å². The van der Waals surface area contributed by atoms with Gasteiger partial charge in [0.15, 0.2) is 0 Å². The van der Waals surface area contributed by atoms with Crippen molar-refractivity contribution in [3.8, 4) is 0 Å². The zero-order valence-corrected chi connectivity index (χ0v) is 5.25. The quantitative estimate of drug-likeness (QED) is 0.515. The summed E-state index contributed by atoms with van der Waals surface area (Å²) in [5.41, 5.74) is 0. The molecule has 2 heteroatoms. The van der Waals surface area contributed by atoms with Crippen molar-refractivity contribution in [2.24, 2.45) is 0 Å². The van der Waals surface area contributed by atoms with Crippen LogP contribution in [-0.4, -0.2) is 25.4 Å². The van der Waals surface area contributed by atoms with E-state index in [1.165, 1.54) is 0 Å². The first-order valence-electron chi connectivity index (χ1n) is 3.35. The summed E-state index contributed by atoms with van der Waals surface area (Å²) in [5, 5.41) is 0. The molecule has 0 aromatic carbocycles. The first-order valence-corrected chi connectivity index (χ1v) is 3.35. The van der Waals surface area contributed by atoms with Crippen LogP contribution in [0.15, 0.2) is 0 Å². The molecule has 2 radical (unpaired) electrons. The van der Waals surface area contributed by atoms with E-state index in [1.54, 1.807) is 0 Å². The lowest BCUT2D eigenvalue weighted by atomic mass is 10.2. The molecule has 0 N–H and O–H groups in total. The second kappa shape index (κ2) is 2.27. The standard InChI is InChI=1S/C7H10O2/c1(2-6-4-8-6)3-7-5-9-7/h2-3,6-7H,1,4-5H2. The molecule has 2 rings (SSSR count). The Morgan fingerprint density at radius 2 is 1.56 bits per heavy atom. The fourth-order valence-corrected chi connectivity index (χ4v) is 0.765. The lowest BCUT2D eigenvalue weighted by Crippen LogP contribution is -1.91. The molecule has 0 bridgehead atoms. The van der Waals surface area contributed by atoms with Crippen molar-refractivity contribution in [1.82, 2.24) is 0 Å². The van der Waals surface area contributed by atoms with Gasteiger partial charge in [-0.3, -0.25) is 0 Å². The Morgan fingerprint density at radius 3 is 1.89 bits per heavy atom. The van der Waals surface area contributed by atoms with Gasteiger partial charge in [0.1, 0.15) is 0 Å². The van der Waals surface area contributed by atoms with Crippen molar-refractivity contribution in [1.29, 1.82) is 0 Å². The molecule has 0 spiro atoms. The molecule has 2 fully saturated rings. The average Bonchev–Trinajstić information content (AvgIpc) is 2.57. The second-order valence-corrected chi connectivity index (χ2v) is 2.45. The van der Waals surface area contributed by atoms with Gasteiger partial charge in [0.05, 0.1) is 25.4 Å². The third kappa shape index (κ3) is 1.95. The monoisotopic (exact) mass is 126 g/mol. The first-order chi connectivity index (χ1) is 4.45. The van der Waals surface area contributed by atoms with Crippen molar-refractivity contribution >= 4 is 0 Å². The van der Waals surface area contributed by atoms with Gasteiger partial charge in [-0.1, -0.05) is 0 Å². The van der Waals surface area contributed by atoms with Gasteiger partial charge in [0.25, 0.3) is 0 Å². The predicted molar refractivity (Wildman–Crippen MR) is 32.7 cm³/mol. The highest BCUT2D eigenvalue weighted by molar-refractivity contribution is 4.95. The highest BCUT2D eigenvalue weighted by atomic mass is 16.6. The smallest absolute Gasteiger partial charge is 0.0841 e. The highest BCUT2D eigenvalue weighted by Gasteiger charge is 2.26. The van der Waals surface area contributed by atoms with E-state index in [2.05, 4.69) is 12.8 Å². The molecular formula is C7H10O2. The molecule has 0 aliphatic carbocycles. The molecule has 2 atom stereocenters. The summed E-state index contributed by atoms with van der Waals surface area (Å²) < 4.78 is 9.99. The third-order valence-corrected chi connectivity index (χ3v) is 1.52. The second-order valence-electron chi connectivity index (χ2n) is 2.45. The van der Waals surface area contributed by atoms with Crippen molar-refractivity contribution in [2.75, 3.05) is 13.2 Å². The van der Waals surface area contributed by atoms with Crippen molar-refractivity contribution in [3.63, 3.8) is 0 Å². The zero-order chi connectivity index (χ0) is 6.10. The number of hydrogen-bond donors (Lipinski definition) is 0. The van der Waals surface area contributed by atoms with Gasteiger partial charge in [-0.15, -0.1) is 0 Å². The third-order valence-electron chi connectivity index (χ3n) is 1.52. The summed E-state index contributed by atoms with van der Waals surface area (Å²) in [7, 11) is 0. The molecule has 0 aromatic heterocycles. The fraction of sp³-hybridized carbons (Fsp3) is 0.714. The molecule has 2 unspecified atom stereocenters. The van der Waals surface area contributed by atoms with E-state index in [1.807, 2.05) is 0 Å². The molecule has 2 aliphatic rings. The Labute approximate surface area is 55.1 Å². The lowest BCUT2D eigenvalue weighted by molar-refractivity contribution is 0.416. The number of rotatable bonds is 4. The Bertz CT molecular complexity index is 83.1. The zero-order valence-electron chi connectivity index (χ0n) is 5.25. The van der Waals surface area contributed by atoms with Crippen molar-refractivity contribution in [2.45, 2.75) is 18.6 Å². The largest absolute Gasteiger partial charge is 0.373 e. The topological polar surface area (TPSA) is 25.1 Å². The van der Waals surface area contributed by atoms with Crippen LogP contribution in [0.3, 0.4) is 0 Å². The van der Waals surface area contributed by atoms with Crippen LogP contribution in [0.25, 0.3) is 0 Å². The fourth-order valence-electron chi connectivity index (χ4n) is 0.765. The minimum atomic E-state index is 0.458. The van der Waals surface area contributed by atoms with Crippen LogP contribution >= 0.6 is 0 Å². The van der Waals surface area contributed by atoms with Crippen LogP contribution in [0.2, 0.25) is 0 Å². The van der Waals surface area contributed by atoms with Crippen LogP contribution in [0.4, 0.5) is 0 Å². The van der Waals surface area contributed by atoms with Crippen LogP contribution in [0.1, 0.15) is 6.42 Å². The van der Waals surface area contributed by atoms with E-state index in [0.717, 1.165) is 19.6 Å². The van der Waals surface area contributed by atoms with Crippen LogP contribution in [0.5, 0.6) is 0 Å². The maximum Gasteiger partial charge on any atom is 0.0841 e. The summed E-state index contributed by atoms with van der Waals surface area (Å²) >= 11 is 0. The average molecular weight is 126 g/mol. The predicted octanol–water partition coefficient (Wildman–Crippen LogP) is 0.583. The van der Waals surface area contributed by atoms with Crippen LogP contribution in [-0.2, 0) is 9.47 Å². The molecule has 0 saturated carbocycles. The number of hydrogen-bond acceptors (Lipinski definition) is 2. The molecule has 0 amide bonds. The Morgan fingerprint density at radius 1 is 1.11 bits per heavy atom. The highest BCUT2D eigenvalue weighted by Crippen LogP contribution is 2.20. The van der Waals surface area contributed by atoms with E-state index in [0.29, 0.717) is 12.2 Å². The molecule has 2 heterocycles. The van der Waals surface area contributed by atoms with Gasteiger partial charge in [0.2, 0.25) is 0 Å². The number of ether oxygens (including phenoxy) is 2. The minimum Gasteiger partial charge on any atom is -0.373 e. The Kier molecular flexibility index (Phi) is 1.44. The van der Waals surface area contributed by atoms with Gasteiger partial charge >= 0.3 is 0 Å². The molecule has 2 aliphatic heterocycles. The van der Waals surface area contributed by atoms with E-state index < -0.39 is 0 Å². The van der Waals surface area contributed by atoms with Gasteiger partial charge in [-0.25, -0.2) is 0 Å². The van der Waals surface area contributed by atoms with E-state index in [-0.39, 0.29) is 0 Å². The molecule has 2 nitrogen and oxygen atoms in total. The summed E-state index contributed by atoms with van der Waals surface area (Å²) in [4.78, 5) is 0. The van der Waals surface area contributed by atoms with Crippen molar-refractivity contribution < 1.29 is 9.47 Å². The normalized spacial score (nSPS) is 38.7. The maximum atomic E-state index is 4.99. The number of epoxide rings is 2. The van der Waals surface area contributed by atoms with Gasteiger partial charge in [-0.2, -0.15) is 0 Å².